The third-order valence-electron chi connectivity index (χ3n) is 3.53. The Morgan fingerprint density at radius 1 is 1.03 bits per heavy atom. The van der Waals surface area contributed by atoms with Gasteiger partial charge in [-0.1, -0.05) is 0 Å². The quantitative estimate of drug-likeness (QED) is 0.264. The molecule has 0 aromatic carbocycles. The number of halogens is 1. The lowest BCUT2D eigenvalue weighted by Gasteiger charge is -2.12. The number of urea groups is 1. The summed E-state index contributed by atoms with van der Waals surface area (Å²) in [5.74, 6) is -3.37. The third kappa shape index (κ3) is 10.6. The highest BCUT2D eigenvalue weighted by molar-refractivity contribution is 5.95. The normalized spacial score (nSPS) is 11.1. The van der Waals surface area contributed by atoms with Gasteiger partial charge in [-0.25, -0.2) is 4.79 Å². The van der Waals surface area contributed by atoms with Crippen LogP contribution in [0.4, 0.5) is 9.18 Å². The fraction of sp³-hybridized carbons (Fsp3) is 0.471. The minimum atomic E-state index is -1.03. The molecule has 1 aromatic rings. The van der Waals surface area contributed by atoms with E-state index in [4.69, 9.17) is 5.11 Å². The molecule has 5 N–H and O–H groups in total. The molecule has 0 unspecified atom stereocenters. The Morgan fingerprint density at radius 3 is 2.37 bits per heavy atom. The number of amides is 4. The largest absolute Gasteiger partial charge is 0.481 e. The molecular weight excluding hydrogens is 402 g/mol. The molecule has 1 rings (SSSR count). The van der Waals surface area contributed by atoms with E-state index in [1.807, 2.05) is 0 Å². The number of carboxylic acid groups (broad SMARTS) is 1. The first-order valence-electron chi connectivity index (χ1n) is 8.99. The first-order chi connectivity index (χ1) is 14.2. The SMILES string of the molecule is C[C@H](CC(=O)O)NC(=O)NCCNC(=O)CCC(=O)CNC(=O)c1ccc([18F])nn1. The average Bonchev–Trinajstić information content (AvgIpc) is 2.67. The summed E-state index contributed by atoms with van der Waals surface area (Å²) in [6, 6.07) is 0.980. The molecule has 0 saturated carbocycles. The Bertz CT molecular complexity index is 773. The Hall–Kier alpha value is -3.64. The maximum Gasteiger partial charge on any atom is 0.315 e. The monoisotopic (exact) mass is 425 g/mol. The maximum atomic E-state index is 12.6. The third-order valence-corrected chi connectivity index (χ3v) is 3.53. The number of hydrogen-bond acceptors (Lipinski definition) is 7. The molecule has 13 heteroatoms. The predicted molar refractivity (Wildman–Crippen MR) is 99.8 cm³/mol. The van der Waals surface area contributed by atoms with Crippen molar-refractivity contribution in [2.45, 2.75) is 32.2 Å². The van der Waals surface area contributed by atoms with Gasteiger partial charge < -0.3 is 26.4 Å². The highest BCUT2D eigenvalue weighted by Crippen LogP contribution is 1.96. The number of aliphatic carboxylic acids is 1. The zero-order chi connectivity index (χ0) is 22.5. The first kappa shape index (κ1) is 24.4. The van der Waals surface area contributed by atoms with Crippen molar-refractivity contribution in [1.29, 1.82) is 0 Å². The summed E-state index contributed by atoms with van der Waals surface area (Å²) in [6.07, 6.45) is -0.426. The summed E-state index contributed by atoms with van der Waals surface area (Å²) in [7, 11) is 0. The van der Waals surface area contributed by atoms with Crippen molar-refractivity contribution in [1.82, 2.24) is 31.5 Å². The van der Waals surface area contributed by atoms with Gasteiger partial charge in [0.2, 0.25) is 11.9 Å². The van der Waals surface area contributed by atoms with Gasteiger partial charge in [0.1, 0.15) is 0 Å². The number of hydrogen-bond donors (Lipinski definition) is 5. The van der Waals surface area contributed by atoms with Gasteiger partial charge in [-0.05, 0) is 19.1 Å². The standard InChI is InChI=1S/C17H23FN6O6/c1-10(8-15(27)28)22-17(30)20-7-6-19-14(26)5-2-11(25)9-21-16(29)12-3-4-13(18)24-23-12/h3-4,10H,2,5-9H2,1H3,(H,19,26)(H,21,29)(H,27,28)(H2,20,22,30)/t10-/m1/s1/i18-1. The zero-order valence-electron chi connectivity index (χ0n) is 16.2. The second-order valence-electron chi connectivity index (χ2n) is 6.21. The number of Topliss-reactive ketones (excluding diaryl/α,β-unsaturated/α-hetero) is 1. The van der Waals surface area contributed by atoms with Gasteiger partial charge in [-0.15, -0.1) is 10.2 Å². The number of ketones is 1. The second-order valence-corrected chi connectivity index (χ2v) is 6.21. The van der Waals surface area contributed by atoms with Gasteiger partial charge in [0, 0.05) is 32.0 Å². The van der Waals surface area contributed by atoms with Gasteiger partial charge in [0.25, 0.3) is 5.91 Å². The van der Waals surface area contributed by atoms with Crippen LogP contribution in [0.3, 0.4) is 0 Å². The maximum absolute atomic E-state index is 12.6. The van der Waals surface area contributed by atoms with E-state index in [1.165, 1.54) is 0 Å². The molecule has 0 aliphatic rings. The lowest BCUT2D eigenvalue weighted by molar-refractivity contribution is -0.137. The first-order valence-corrected chi connectivity index (χ1v) is 8.99. The molecule has 1 aromatic heterocycles. The molecule has 12 nitrogen and oxygen atoms in total. The highest BCUT2D eigenvalue weighted by Gasteiger charge is 2.12. The molecule has 0 aliphatic carbocycles. The van der Waals surface area contributed by atoms with E-state index in [0.717, 1.165) is 12.1 Å². The molecular formula is C17H23FN6O6. The number of carbonyl (C=O) groups excluding carboxylic acids is 4. The van der Waals surface area contributed by atoms with Gasteiger partial charge >= 0.3 is 12.0 Å². The van der Waals surface area contributed by atoms with Crippen molar-refractivity contribution < 1.29 is 33.5 Å². The van der Waals surface area contributed by atoms with Crippen LogP contribution < -0.4 is 21.3 Å². The predicted octanol–water partition coefficient (Wildman–Crippen LogP) is -1.03. The molecule has 30 heavy (non-hydrogen) atoms. The minimum absolute atomic E-state index is 0.104. The van der Waals surface area contributed by atoms with E-state index < -0.39 is 41.6 Å². The molecule has 0 saturated heterocycles. The van der Waals surface area contributed by atoms with Crippen LogP contribution in [-0.2, 0) is 14.4 Å². The molecule has 164 valence electrons. The van der Waals surface area contributed by atoms with Crippen LogP contribution in [0, 0.1) is 5.95 Å². The van der Waals surface area contributed by atoms with Crippen LogP contribution in [0.15, 0.2) is 12.1 Å². The van der Waals surface area contributed by atoms with E-state index >= 15 is 0 Å². The fourth-order valence-corrected chi connectivity index (χ4v) is 2.10. The van der Waals surface area contributed by atoms with Gasteiger partial charge in [-0.2, -0.15) is 4.39 Å². The summed E-state index contributed by atoms with van der Waals surface area (Å²) in [4.78, 5) is 57.1. The molecule has 1 atom stereocenters. The Morgan fingerprint density at radius 2 is 1.73 bits per heavy atom. The van der Waals surface area contributed by atoms with Gasteiger partial charge in [0.05, 0.1) is 13.0 Å². The van der Waals surface area contributed by atoms with Crippen molar-refractivity contribution >= 4 is 29.6 Å². The summed E-state index contributed by atoms with van der Waals surface area (Å²) in [6.45, 7) is 1.46. The zero-order valence-corrected chi connectivity index (χ0v) is 16.2. The smallest absolute Gasteiger partial charge is 0.315 e. The average molecular weight is 425 g/mol. The Balaban J connectivity index is 2.13. The van der Waals surface area contributed by atoms with E-state index in [2.05, 4.69) is 31.5 Å². The summed E-state index contributed by atoms with van der Waals surface area (Å²) < 4.78 is 12.6. The van der Waals surface area contributed by atoms with Crippen LogP contribution in [0.2, 0.25) is 0 Å². The van der Waals surface area contributed by atoms with E-state index in [-0.39, 0.29) is 44.6 Å². The van der Waals surface area contributed by atoms with Crippen molar-refractivity contribution in [2.75, 3.05) is 19.6 Å². The topological polar surface area (TPSA) is 179 Å². The van der Waals surface area contributed by atoms with Gasteiger partial charge in [-0.3, -0.25) is 19.2 Å². The molecule has 0 radical (unpaired) electrons. The van der Waals surface area contributed by atoms with Crippen LogP contribution in [0.1, 0.15) is 36.7 Å². The van der Waals surface area contributed by atoms with Crippen molar-refractivity contribution in [2.24, 2.45) is 0 Å². The summed E-state index contributed by atoms with van der Waals surface area (Å²) in [5.41, 5.74) is -0.143. The van der Waals surface area contributed by atoms with Crippen molar-refractivity contribution in [3.8, 4) is 0 Å². The summed E-state index contributed by atoms with van der Waals surface area (Å²) >= 11 is 0. The minimum Gasteiger partial charge on any atom is -0.481 e. The number of nitrogens with one attached hydrogen (secondary N) is 4. The summed E-state index contributed by atoms with van der Waals surface area (Å²) in [5, 5.41) is 24.7. The Kier molecular flexibility index (Phi) is 10.4. The van der Waals surface area contributed by atoms with E-state index in [9.17, 15) is 28.4 Å². The number of rotatable bonds is 12. The lowest BCUT2D eigenvalue weighted by Crippen LogP contribution is -2.44. The molecule has 4 amide bonds. The van der Waals surface area contributed by atoms with Crippen molar-refractivity contribution in [3.05, 3.63) is 23.8 Å². The van der Waals surface area contributed by atoms with Crippen LogP contribution in [-0.4, -0.2) is 70.6 Å². The molecule has 0 spiro atoms. The number of carboxylic acids is 1. The second kappa shape index (κ2) is 12.7. The fourth-order valence-electron chi connectivity index (χ4n) is 2.10. The van der Waals surface area contributed by atoms with Crippen LogP contribution in [0.5, 0.6) is 0 Å². The lowest BCUT2D eigenvalue weighted by atomic mass is 10.2. The highest BCUT2D eigenvalue weighted by atomic mass is 18.2. The van der Waals surface area contributed by atoms with E-state index in [1.54, 1.807) is 6.92 Å². The molecule has 1 heterocycles. The number of nitrogens with zero attached hydrogens (tertiary/aromatic N) is 2. The van der Waals surface area contributed by atoms with Crippen molar-refractivity contribution in [3.63, 3.8) is 0 Å². The van der Waals surface area contributed by atoms with Crippen LogP contribution in [0.25, 0.3) is 0 Å². The number of carbonyl (C=O) groups is 5. The molecule has 0 bridgehead atoms. The molecule has 0 aliphatic heterocycles. The Labute approximate surface area is 171 Å². The van der Waals surface area contributed by atoms with Gasteiger partial charge in [0.15, 0.2) is 11.5 Å². The molecule has 0 fully saturated rings. The number of aromatic nitrogens is 2. The van der Waals surface area contributed by atoms with Crippen LogP contribution >= 0.6 is 0 Å². The van der Waals surface area contributed by atoms with E-state index in [0.29, 0.717) is 0 Å².